The Morgan fingerprint density at radius 1 is 1.29 bits per heavy atom. The lowest BCUT2D eigenvalue weighted by Gasteiger charge is -2.17. The summed E-state index contributed by atoms with van der Waals surface area (Å²) in [5.41, 5.74) is -0.0695. The first-order valence-electron chi connectivity index (χ1n) is 5.97. The molecule has 0 fully saturated rings. The Bertz CT molecular complexity index is 372. The van der Waals surface area contributed by atoms with Crippen molar-refractivity contribution < 1.29 is 4.74 Å². The molecular formula is C13H21BrN2O. The molecule has 1 aromatic rings. The number of hydrogen-bond acceptors (Lipinski definition) is 3. The van der Waals surface area contributed by atoms with Crippen LogP contribution >= 0.6 is 15.9 Å². The van der Waals surface area contributed by atoms with Gasteiger partial charge in [-0.05, 0) is 28.3 Å². The molecule has 0 aliphatic carbocycles. The number of rotatable bonds is 4. The molecule has 3 nitrogen and oxygen atoms in total. The molecule has 0 amide bonds. The quantitative estimate of drug-likeness (QED) is 0.790. The predicted octanol–water partition coefficient (Wildman–Crippen LogP) is 3.96. The molecule has 17 heavy (non-hydrogen) atoms. The largest absolute Gasteiger partial charge is 0.478 e. The van der Waals surface area contributed by atoms with E-state index < -0.39 is 0 Å². The van der Waals surface area contributed by atoms with Crippen LogP contribution in [-0.2, 0) is 5.41 Å². The van der Waals surface area contributed by atoms with Crippen LogP contribution in [0.4, 0.5) is 0 Å². The molecule has 0 atom stereocenters. The Morgan fingerprint density at radius 2 is 1.94 bits per heavy atom. The van der Waals surface area contributed by atoms with E-state index >= 15 is 0 Å². The molecule has 0 saturated heterocycles. The Hall–Kier alpha value is -0.640. The van der Waals surface area contributed by atoms with Crippen LogP contribution in [0.1, 0.15) is 46.9 Å². The van der Waals surface area contributed by atoms with Crippen LogP contribution in [0.5, 0.6) is 5.88 Å². The lowest BCUT2D eigenvalue weighted by atomic mass is 9.96. The zero-order chi connectivity index (χ0) is 13.1. The third-order valence-electron chi connectivity index (χ3n) is 2.29. The third kappa shape index (κ3) is 5.02. The Morgan fingerprint density at radius 3 is 2.47 bits per heavy atom. The van der Waals surface area contributed by atoms with E-state index in [4.69, 9.17) is 4.74 Å². The van der Waals surface area contributed by atoms with Gasteiger partial charge in [-0.15, -0.1) is 0 Å². The topological polar surface area (TPSA) is 35.0 Å². The number of ether oxygens (including phenoxy) is 1. The van der Waals surface area contributed by atoms with Gasteiger partial charge in [0.2, 0.25) is 5.88 Å². The van der Waals surface area contributed by atoms with E-state index in [1.165, 1.54) is 0 Å². The van der Waals surface area contributed by atoms with Crippen molar-refractivity contribution in [1.29, 1.82) is 0 Å². The highest BCUT2D eigenvalue weighted by molar-refractivity contribution is 9.10. The minimum atomic E-state index is -0.0695. The fourth-order valence-corrected chi connectivity index (χ4v) is 1.57. The van der Waals surface area contributed by atoms with Crippen LogP contribution in [0.2, 0.25) is 0 Å². The average Bonchev–Trinajstić information content (AvgIpc) is 2.14. The smallest absolute Gasteiger partial charge is 0.217 e. The number of nitrogens with zero attached hydrogens (tertiary/aromatic N) is 2. The summed E-state index contributed by atoms with van der Waals surface area (Å²) in [6.07, 6.45) is 1.03. The summed E-state index contributed by atoms with van der Waals surface area (Å²) in [6.45, 7) is 11.3. The molecule has 0 aliphatic heterocycles. The number of aromatic nitrogens is 2. The Balaban J connectivity index is 2.76. The van der Waals surface area contributed by atoms with E-state index in [1.54, 1.807) is 0 Å². The van der Waals surface area contributed by atoms with E-state index in [-0.39, 0.29) is 5.41 Å². The maximum atomic E-state index is 5.65. The molecule has 1 heterocycles. The summed E-state index contributed by atoms with van der Waals surface area (Å²) in [4.78, 5) is 8.81. The lowest BCUT2D eigenvalue weighted by Crippen LogP contribution is -2.17. The molecule has 96 valence electrons. The average molecular weight is 301 g/mol. The van der Waals surface area contributed by atoms with Gasteiger partial charge in [0.15, 0.2) is 0 Å². The van der Waals surface area contributed by atoms with E-state index in [0.29, 0.717) is 18.4 Å². The van der Waals surface area contributed by atoms with Crippen molar-refractivity contribution in [1.82, 2.24) is 9.97 Å². The van der Waals surface area contributed by atoms with Gasteiger partial charge >= 0.3 is 0 Å². The molecular weight excluding hydrogens is 280 g/mol. The molecule has 0 saturated carbocycles. The second kappa shape index (κ2) is 5.80. The normalized spacial score (nSPS) is 11.9. The van der Waals surface area contributed by atoms with Crippen LogP contribution in [-0.4, -0.2) is 16.6 Å². The van der Waals surface area contributed by atoms with Crippen LogP contribution in [0, 0.1) is 5.92 Å². The standard InChI is InChI=1S/C13H21BrN2O/c1-9(2)6-7-17-11-8-10(14)15-12(16-11)13(3,4)5/h8-9H,6-7H2,1-5H3. The molecule has 0 radical (unpaired) electrons. The van der Waals surface area contributed by atoms with E-state index in [9.17, 15) is 0 Å². The molecule has 1 aromatic heterocycles. The molecule has 4 heteroatoms. The first-order valence-corrected chi connectivity index (χ1v) is 6.76. The van der Waals surface area contributed by atoms with Gasteiger partial charge in [0.1, 0.15) is 10.4 Å². The summed E-state index contributed by atoms with van der Waals surface area (Å²) in [7, 11) is 0. The van der Waals surface area contributed by atoms with Gasteiger partial charge in [-0.2, -0.15) is 4.98 Å². The Kier molecular flexibility index (Phi) is 4.92. The fourth-order valence-electron chi connectivity index (χ4n) is 1.21. The SMILES string of the molecule is CC(C)CCOc1cc(Br)nc(C(C)(C)C)n1. The Labute approximate surface area is 112 Å². The first kappa shape index (κ1) is 14.4. The highest BCUT2D eigenvalue weighted by Crippen LogP contribution is 2.23. The maximum Gasteiger partial charge on any atom is 0.217 e. The molecule has 0 unspecified atom stereocenters. The molecule has 0 spiro atoms. The molecule has 0 N–H and O–H groups in total. The van der Waals surface area contributed by atoms with E-state index in [1.807, 2.05) is 6.07 Å². The van der Waals surface area contributed by atoms with Gasteiger partial charge in [-0.1, -0.05) is 34.6 Å². The zero-order valence-corrected chi connectivity index (χ0v) is 12.8. The van der Waals surface area contributed by atoms with Crippen LogP contribution in [0.3, 0.4) is 0 Å². The van der Waals surface area contributed by atoms with Gasteiger partial charge in [-0.3, -0.25) is 0 Å². The monoisotopic (exact) mass is 300 g/mol. The van der Waals surface area contributed by atoms with Crippen molar-refractivity contribution in [3.63, 3.8) is 0 Å². The molecule has 0 aromatic carbocycles. The molecule has 0 aliphatic rings. The van der Waals surface area contributed by atoms with Crippen molar-refractivity contribution in [2.75, 3.05) is 6.61 Å². The third-order valence-corrected chi connectivity index (χ3v) is 2.69. The minimum Gasteiger partial charge on any atom is -0.478 e. The van der Waals surface area contributed by atoms with E-state index in [0.717, 1.165) is 16.8 Å². The summed E-state index contributed by atoms with van der Waals surface area (Å²) in [6, 6.07) is 1.82. The van der Waals surface area contributed by atoms with Crippen molar-refractivity contribution in [2.24, 2.45) is 5.92 Å². The van der Waals surface area contributed by atoms with Crippen molar-refractivity contribution in [3.8, 4) is 5.88 Å². The zero-order valence-electron chi connectivity index (χ0n) is 11.2. The van der Waals surface area contributed by atoms with Crippen LogP contribution in [0.25, 0.3) is 0 Å². The van der Waals surface area contributed by atoms with Crippen molar-refractivity contribution in [2.45, 2.75) is 46.5 Å². The van der Waals surface area contributed by atoms with Crippen LogP contribution in [0.15, 0.2) is 10.7 Å². The molecule has 1 rings (SSSR count). The lowest BCUT2D eigenvalue weighted by molar-refractivity contribution is 0.276. The maximum absolute atomic E-state index is 5.65. The van der Waals surface area contributed by atoms with Gasteiger partial charge in [-0.25, -0.2) is 4.98 Å². The summed E-state index contributed by atoms with van der Waals surface area (Å²) in [5, 5.41) is 0. The van der Waals surface area contributed by atoms with Gasteiger partial charge < -0.3 is 4.74 Å². The first-order chi connectivity index (χ1) is 7.79. The number of halogens is 1. The van der Waals surface area contributed by atoms with Crippen molar-refractivity contribution in [3.05, 3.63) is 16.5 Å². The number of hydrogen-bond donors (Lipinski definition) is 0. The van der Waals surface area contributed by atoms with Gasteiger partial charge in [0.25, 0.3) is 0 Å². The summed E-state index contributed by atoms with van der Waals surface area (Å²) >= 11 is 3.40. The molecule has 0 bridgehead atoms. The predicted molar refractivity (Wildman–Crippen MR) is 73.4 cm³/mol. The van der Waals surface area contributed by atoms with E-state index in [2.05, 4.69) is 60.5 Å². The summed E-state index contributed by atoms with van der Waals surface area (Å²) in [5.74, 6) is 2.09. The highest BCUT2D eigenvalue weighted by atomic mass is 79.9. The minimum absolute atomic E-state index is 0.0695. The fraction of sp³-hybridized carbons (Fsp3) is 0.692. The highest BCUT2D eigenvalue weighted by Gasteiger charge is 2.19. The van der Waals surface area contributed by atoms with Gasteiger partial charge in [0, 0.05) is 11.5 Å². The van der Waals surface area contributed by atoms with Crippen molar-refractivity contribution >= 4 is 15.9 Å². The van der Waals surface area contributed by atoms with Crippen LogP contribution < -0.4 is 4.74 Å². The summed E-state index contributed by atoms with van der Waals surface area (Å²) < 4.78 is 6.43. The second-order valence-electron chi connectivity index (χ2n) is 5.63. The van der Waals surface area contributed by atoms with Gasteiger partial charge in [0.05, 0.1) is 6.61 Å². The second-order valence-corrected chi connectivity index (χ2v) is 6.45.